The molecule has 0 aromatic heterocycles. The summed E-state index contributed by atoms with van der Waals surface area (Å²) in [4.78, 5) is 11.1. The summed E-state index contributed by atoms with van der Waals surface area (Å²) >= 11 is -0.00292. The first-order chi connectivity index (χ1) is 6.49. The average molecular weight is 256 g/mol. The van der Waals surface area contributed by atoms with Crippen LogP contribution in [0.15, 0.2) is 30.3 Å². The Balaban J connectivity index is 0.00000196. The monoisotopic (exact) mass is 256 g/mol. The van der Waals surface area contributed by atoms with E-state index >= 15 is 0 Å². The van der Waals surface area contributed by atoms with Gasteiger partial charge in [0, 0.05) is 5.56 Å². The largest absolute Gasteiger partial charge is 1.00 e. The maximum Gasteiger partial charge on any atom is 1.00 e. The van der Waals surface area contributed by atoms with E-state index in [9.17, 15) is 17.8 Å². The van der Waals surface area contributed by atoms with Gasteiger partial charge >= 0.3 is 29.6 Å². The van der Waals surface area contributed by atoms with Crippen LogP contribution in [0.4, 0.5) is 0 Å². The van der Waals surface area contributed by atoms with Crippen molar-refractivity contribution in [3.8, 4) is 0 Å². The normalized spacial score (nSPS) is 10.5. The summed E-state index contributed by atoms with van der Waals surface area (Å²) < 4.78 is 33.8. The third-order valence-corrected chi connectivity index (χ3v) is 2.53. The van der Waals surface area contributed by atoms with E-state index in [4.69, 9.17) is 0 Å². The molecule has 0 heterocycles. The van der Waals surface area contributed by atoms with Crippen molar-refractivity contribution in [3.63, 3.8) is 0 Å². The molecule has 0 fully saturated rings. The third-order valence-electron chi connectivity index (χ3n) is 1.20. The molecule has 0 aliphatic rings. The van der Waals surface area contributed by atoms with Crippen LogP contribution in [-0.2, 0) is 14.0 Å². The third kappa shape index (κ3) is 6.31. The predicted molar refractivity (Wildman–Crippen MR) is 49.1 cm³/mol. The summed E-state index contributed by atoms with van der Waals surface area (Å²) in [6, 6.07) is 7.89. The topological polar surface area (TPSA) is 83.5 Å². The molecule has 1 rings (SSSR count). The number of carbonyl (C=O) groups is 1. The van der Waals surface area contributed by atoms with Crippen LogP contribution in [0.5, 0.6) is 0 Å². The summed E-state index contributed by atoms with van der Waals surface area (Å²) in [5, 5.41) is -0.634. The molecular weight excluding hydrogens is 251 g/mol. The number of benzene rings is 1. The van der Waals surface area contributed by atoms with E-state index in [1.807, 2.05) is 0 Å². The van der Waals surface area contributed by atoms with Gasteiger partial charge in [-0.2, -0.15) is 3.63 Å². The fourth-order valence-electron chi connectivity index (χ4n) is 0.695. The van der Waals surface area contributed by atoms with Crippen molar-refractivity contribution in [2.45, 2.75) is 0 Å². The van der Waals surface area contributed by atoms with Crippen LogP contribution >= 0.6 is 12.0 Å². The molecule has 15 heavy (non-hydrogen) atoms. The first-order valence-electron chi connectivity index (χ1n) is 3.40. The van der Waals surface area contributed by atoms with Gasteiger partial charge in [0.2, 0.25) is 15.5 Å². The van der Waals surface area contributed by atoms with Gasteiger partial charge in [0.15, 0.2) is 0 Å². The van der Waals surface area contributed by atoms with E-state index in [1.165, 1.54) is 12.1 Å². The van der Waals surface area contributed by atoms with E-state index in [2.05, 4.69) is 3.63 Å². The Hall–Kier alpha value is 0.110. The minimum atomic E-state index is -4.84. The average Bonchev–Trinajstić information content (AvgIpc) is 2.14. The van der Waals surface area contributed by atoms with Crippen LogP contribution in [0.25, 0.3) is 0 Å². The summed E-state index contributed by atoms with van der Waals surface area (Å²) in [7, 11) is -4.84. The standard InChI is InChI=1S/C7H6O5S2.Na/c8-7(13-12-14(9,10)11)6-4-2-1-3-5-6;/h1-5H,(H,9,10,11);/q;+1/p-1. The van der Waals surface area contributed by atoms with Crippen molar-refractivity contribution in [1.82, 2.24) is 0 Å². The second kappa shape index (κ2) is 6.64. The fraction of sp³-hybridized carbons (Fsp3) is 0. The van der Waals surface area contributed by atoms with E-state index < -0.39 is 15.5 Å². The number of rotatable bonds is 3. The van der Waals surface area contributed by atoms with Gasteiger partial charge in [0.25, 0.3) is 0 Å². The molecule has 0 unspecified atom stereocenters. The maximum absolute atomic E-state index is 11.1. The zero-order valence-electron chi connectivity index (χ0n) is 7.74. The molecule has 1 aromatic rings. The van der Waals surface area contributed by atoms with Gasteiger partial charge in [-0.25, -0.2) is 8.42 Å². The number of hydrogen-bond donors (Lipinski definition) is 0. The Morgan fingerprint density at radius 3 is 2.27 bits per heavy atom. The van der Waals surface area contributed by atoms with Crippen LogP contribution in [0.1, 0.15) is 10.4 Å². The van der Waals surface area contributed by atoms with Crippen molar-refractivity contribution in [2.75, 3.05) is 0 Å². The van der Waals surface area contributed by atoms with Crippen LogP contribution in [-0.4, -0.2) is 18.1 Å². The second-order valence-corrected chi connectivity index (χ2v) is 4.11. The summed E-state index contributed by atoms with van der Waals surface area (Å²) in [5.41, 5.74) is 0.265. The molecule has 0 saturated heterocycles. The molecule has 0 saturated carbocycles. The smallest absolute Gasteiger partial charge is 0.725 e. The number of hydrogen-bond acceptors (Lipinski definition) is 6. The van der Waals surface area contributed by atoms with Gasteiger partial charge in [-0.3, -0.25) is 4.79 Å². The first-order valence-corrected chi connectivity index (χ1v) is 5.48. The Labute approximate surface area is 114 Å². The Kier molecular flexibility index (Phi) is 6.69. The molecule has 0 N–H and O–H groups in total. The van der Waals surface area contributed by atoms with Crippen molar-refractivity contribution < 1.29 is 51.0 Å². The van der Waals surface area contributed by atoms with E-state index in [0.29, 0.717) is 0 Å². The van der Waals surface area contributed by atoms with Gasteiger partial charge in [0.05, 0.1) is 12.0 Å². The van der Waals surface area contributed by atoms with Gasteiger partial charge in [0.1, 0.15) is 0 Å². The van der Waals surface area contributed by atoms with Crippen molar-refractivity contribution in [2.24, 2.45) is 0 Å². The van der Waals surface area contributed by atoms with Crippen molar-refractivity contribution >= 4 is 27.6 Å². The van der Waals surface area contributed by atoms with E-state index in [1.54, 1.807) is 18.2 Å². The predicted octanol–water partition coefficient (Wildman–Crippen LogP) is -2.04. The quantitative estimate of drug-likeness (QED) is 0.268. The van der Waals surface area contributed by atoms with Gasteiger partial charge in [-0.05, 0) is 0 Å². The molecule has 0 spiro atoms. The molecule has 8 heteroatoms. The zero-order valence-corrected chi connectivity index (χ0v) is 11.4. The summed E-state index contributed by atoms with van der Waals surface area (Å²) in [6.07, 6.45) is 0. The molecule has 5 nitrogen and oxygen atoms in total. The molecule has 0 amide bonds. The number of carbonyl (C=O) groups excluding carboxylic acids is 1. The Bertz CT molecular complexity index is 416. The molecule has 0 bridgehead atoms. The Morgan fingerprint density at radius 2 is 1.80 bits per heavy atom. The van der Waals surface area contributed by atoms with Crippen LogP contribution in [0, 0.1) is 0 Å². The van der Waals surface area contributed by atoms with Crippen LogP contribution < -0.4 is 29.6 Å². The van der Waals surface area contributed by atoms with Gasteiger partial charge < -0.3 is 4.55 Å². The first kappa shape index (κ1) is 15.1. The molecular formula is C7H5NaO5S2. The minimum absolute atomic E-state index is 0. The minimum Gasteiger partial charge on any atom is -0.725 e. The molecule has 76 valence electrons. The van der Waals surface area contributed by atoms with Crippen molar-refractivity contribution in [1.29, 1.82) is 0 Å². The second-order valence-electron chi connectivity index (χ2n) is 2.21. The van der Waals surface area contributed by atoms with E-state index in [-0.39, 0.29) is 47.2 Å². The molecule has 0 radical (unpaired) electrons. The molecule has 0 aliphatic carbocycles. The van der Waals surface area contributed by atoms with Crippen LogP contribution in [0.2, 0.25) is 0 Å². The van der Waals surface area contributed by atoms with Gasteiger partial charge in [-0.1, -0.05) is 30.3 Å². The summed E-state index contributed by atoms with van der Waals surface area (Å²) in [5.74, 6) is 0. The maximum atomic E-state index is 11.1. The zero-order chi connectivity index (χ0) is 10.6. The SMILES string of the molecule is O=C(SOS(=O)(=O)[O-])c1ccccc1.[Na+]. The summed E-state index contributed by atoms with van der Waals surface area (Å²) in [6.45, 7) is 0. The fourth-order valence-corrected chi connectivity index (χ4v) is 1.51. The Morgan fingerprint density at radius 1 is 1.27 bits per heavy atom. The van der Waals surface area contributed by atoms with Gasteiger partial charge in [-0.15, -0.1) is 0 Å². The molecule has 0 aliphatic heterocycles. The molecule has 0 atom stereocenters. The molecule has 1 aromatic carbocycles. The van der Waals surface area contributed by atoms with Crippen molar-refractivity contribution in [3.05, 3.63) is 35.9 Å². The van der Waals surface area contributed by atoms with E-state index in [0.717, 1.165) is 0 Å². The van der Waals surface area contributed by atoms with Crippen LogP contribution in [0.3, 0.4) is 0 Å².